The van der Waals surface area contributed by atoms with E-state index in [0.717, 1.165) is 42.7 Å². The van der Waals surface area contributed by atoms with Crippen LogP contribution in [-0.2, 0) is 6.42 Å². The van der Waals surface area contributed by atoms with Gasteiger partial charge < -0.3 is 14.4 Å². The Hall–Kier alpha value is -2.01. The zero-order valence-corrected chi connectivity index (χ0v) is 16.8. The number of ether oxygens (including phenoxy) is 2. The number of methoxy groups -OCH3 is 2. The minimum atomic E-state index is 0.0966. The first-order valence-corrected chi connectivity index (χ1v) is 10.0. The van der Waals surface area contributed by atoms with Crippen molar-refractivity contribution in [2.75, 3.05) is 20.8 Å². The average molecular weight is 374 g/mol. The number of aryl methyl sites for hydroxylation is 2. The third kappa shape index (κ3) is 3.58. The van der Waals surface area contributed by atoms with E-state index < -0.39 is 0 Å². The number of rotatable bonds is 6. The van der Waals surface area contributed by atoms with Gasteiger partial charge >= 0.3 is 0 Å². The van der Waals surface area contributed by atoms with E-state index in [2.05, 4.69) is 19.9 Å². The van der Waals surface area contributed by atoms with Crippen LogP contribution in [0.5, 0.6) is 11.5 Å². The van der Waals surface area contributed by atoms with Gasteiger partial charge in [0.05, 0.1) is 25.1 Å². The normalized spacial score (nSPS) is 16.8. The Morgan fingerprint density at radius 2 is 2.00 bits per heavy atom. The molecule has 1 aliphatic heterocycles. The number of hydrogen-bond acceptors (Lipinski definition) is 4. The van der Waals surface area contributed by atoms with Crippen LogP contribution in [0.3, 0.4) is 0 Å². The predicted octanol–water partition coefficient (Wildman–Crippen LogP) is 5.00. The highest BCUT2D eigenvalue weighted by molar-refractivity contribution is 7.14. The van der Waals surface area contributed by atoms with E-state index in [1.165, 1.54) is 10.4 Å². The standard InChI is InChI=1S/C21H27NO3S/c1-5-7-15-13-20(26-14(15)2)21(23)22-11-6-8-17(22)16-9-10-18(24-3)19(12-16)25-4/h9-10,12-13,17H,5-8,11H2,1-4H3/t17-/m0/s1. The first kappa shape index (κ1) is 18.8. The number of thiophene rings is 1. The number of likely N-dealkylation sites (tertiary alicyclic amines) is 1. The lowest BCUT2D eigenvalue weighted by molar-refractivity contribution is 0.0740. The molecular weight excluding hydrogens is 346 g/mol. The molecule has 2 heterocycles. The molecule has 1 atom stereocenters. The van der Waals surface area contributed by atoms with E-state index in [1.807, 2.05) is 23.1 Å². The number of carbonyl (C=O) groups excluding carboxylic acids is 1. The highest BCUT2D eigenvalue weighted by Gasteiger charge is 2.32. The largest absolute Gasteiger partial charge is 0.493 e. The number of carbonyl (C=O) groups is 1. The molecule has 2 aromatic rings. The van der Waals surface area contributed by atoms with E-state index in [4.69, 9.17) is 9.47 Å². The molecule has 0 radical (unpaired) electrons. The van der Waals surface area contributed by atoms with Crippen molar-refractivity contribution in [3.05, 3.63) is 45.1 Å². The summed E-state index contributed by atoms with van der Waals surface area (Å²) in [5, 5.41) is 0. The van der Waals surface area contributed by atoms with E-state index >= 15 is 0 Å². The second kappa shape index (κ2) is 8.12. The second-order valence-corrected chi connectivity index (χ2v) is 7.97. The van der Waals surface area contributed by atoms with Crippen molar-refractivity contribution in [3.63, 3.8) is 0 Å². The maximum atomic E-state index is 13.2. The molecule has 1 aromatic carbocycles. The third-order valence-electron chi connectivity index (χ3n) is 5.06. The molecule has 1 aliphatic rings. The summed E-state index contributed by atoms with van der Waals surface area (Å²) in [4.78, 5) is 17.3. The highest BCUT2D eigenvalue weighted by Crippen LogP contribution is 2.38. The summed E-state index contributed by atoms with van der Waals surface area (Å²) in [6.07, 6.45) is 4.14. The lowest BCUT2D eigenvalue weighted by Gasteiger charge is -2.25. The maximum absolute atomic E-state index is 13.2. The Bertz CT molecular complexity index is 784. The highest BCUT2D eigenvalue weighted by atomic mass is 32.1. The van der Waals surface area contributed by atoms with Gasteiger partial charge in [-0.25, -0.2) is 0 Å². The lowest BCUT2D eigenvalue weighted by atomic mass is 10.0. The number of benzene rings is 1. The van der Waals surface area contributed by atoms with Crippen LogP contribution in [0.4, 0.5) is 0 Å². The lowest BCUT2D eigenvalue weighted by Crippen LogP contribution is -2.30. The van der Waals surface area contributed by atoms with E-state index in [-0.39, 0.29) is 11.9 Å². The molecular formula is C21H27NO3S. The van der Waals surface area contributed by atoms with Gasteiger partial charge in [-0.2, -0.15) is 0 Å². The zero-order valence-electron chi connectivity index (χ0n) is 16.0. The summed E-state index contributed by atoms with van der Waals surface area (Å²) in [5.41, 5.74) is 2.42. The fourth-order valence-corrected chi connectivity index (χ4v) is 4.73. The Labute approximate surface area is 159 Å². The van der Waals surface area contributed by atoms with Gasteiger partial charge in [0.2, 0.25) is 0 Å². The molecule has 1 fully saturated rings. The van der Waals surface area contributed by atoms with Gasteiger partial charge in [0.15, 0.2) is 11.5 Å². The first-order valence-electron chi connectivity index (χ1n) is 9.21. The molecule has 26 heavy (non-hydrogen) atoms. The number of nitrogens with zero attached hydrogens (tertiary/aromatic N) is 1. The first-order chi connectivity index (χ1) is 12.6. The van der Waals surface area contributed by atoms with Gasteiger partial charge in [-0.3, -0.25) is 4.79 Å². The van der Waals surface area contributed by atoms with Gasteiger partial charge in [0.25, 0.3) is 5.91 Å². The Kier molecular flexibility index (Phi) is 5.87. The minimum Gasteiger partial charge on any atom is -0.493 e. The van der Waals surface area contributed by atoms with Gasteiger partial charge in [0.1, 0.15) is 0 Å². The van der Waals surface area contributed by atoms with E-state index in [1.54, 1.807) is 25.6 Å². The van der Waals surface area contributed by atoms with Crippen LogP contribution in [0.2, 0.25) is 0 Å². The SMILES string of the molecule is CCCc1cc(C(=O)N2CCC[C@H]2c2ccc(OC)c(OC)c2)sc1C. The summed E-state index contributed by atoms with van der Waals surface area (Å²) in [6.45, 7) is 5.09. The predicted molar refractivity (Wildman–Crippen MR) is 106 cm³/mol. The number of hydrogen-bond donors (Lipinski definition) is 0. The zero-order chi connectivity index (χ0) is 18.7. The van der Waals surface area contributed by atoms with Crippen LogP contribution >= 0.6 is 11.3 Å². The third-order valence-corrected chi connectivity index (χ3v) is 6.14. The molecule has 1 saturated heterocycles. The van der Waals surface area contributed by atoms with Crippen LogP contribution < -0.4 is 9.47 Å². The van der Waals surface area contributed by atoms with Crippen molar-refractivity contribution < 1.29 is 14.3 Å². The van der Waals surface area contributed by atoms with E-state index in [9.17, 15) is 4.79 Å². The van der Waals surface area contributed by atoms with Crippen LogP contribution in [0, 0.1) is 6.92 Å². The van der Waals surface area contributed by atoms with Crippen molar-refractivity contribution in [2.45, 2.75) is 45.6 Å². The molecule has 0 spiro atoms. The van der Waals surface area contributed by atoms with Crippen molar-refractivity contribution in [1.82, 2.24) is 4.90 Å². The summed E-state index contributed by atoms with van der Waals surface area (Å²) in [6, 6.07) is 8.15. The van der Waals surface area contributed by atoms with E-state index in [0.29, 0.717) is 11.5 Å². The topological polar surface area (TPSA) is 38.8 Å². The van der Waals surface area contributed by atoms with Gasteiger partial charge in [-0.05, 0) is 55.5 Å². The number of amides is 1. The quantitative estimate of drug-likeness (QED) is 0.715. The molecule has 5 heteroatoms. The molecule has 0 unspecified atom stereocenters. The fraction of sp³-hybridized carbons (Fsp3) is 0.476. The molecule has 1 amide bonds. The van der Waals surface area contributed by atoms with Crippen molar-refractivity contribution >= 4 is 17.2 Å². The summed E-state index contributed by atoms with van der Waals surface area (Å²) >= 11 is 1.62. The fourth-order valence-electron chi connectivity index (χ4n) is 3.70. The van der Waals surface area contributed by atoms with Gasteiger partial charge in [-0.15, -0.1) is 11.3 Å². The summed E-state index contributed by atoms with van der Waals surface area (Å²) < 4.78 is 10.8. The monoisotopic (exact) mass is 373 g/mol. The van der Waals surface area contributed by atoms with Crippen molar-refractivity contribution in [3.8, 4) is 11.5 Å². The van der Waals surface area contributed by atoms with Crippen molar-refractivity contribution in [2.24, 2.45) is 0 Å². The van der Waals surface area contributed by atoms with Crippen LogP contribution in [0.25, 0.3) is 0 Å². The maximum Gasteiger partial charge on any atom is 0.264 e. The van der Waals surface area contributed by atoms with Crippen LogP contribution in [-0.4, -0.2) is 31.6 Å². The Balaban J connectivity index is 1.86. The molecule has 1 aromatic heterocycles. The molecule has 0 saturated carbocycles. The van der Waals surface area contributed by atoms with Crippen LogP contribution in [0.15, 0.2) is 24.3 Å². The molecule has 0 bridgehead atoms. The average Bonchev–Trinajstić information content (AvgIpc) is 3.28. The van der Waals surface area contributed by atoms with Gasteiger partial charge in [0, 0.05) is 11.4 Å². The Morgan fingerprint density at radius 1 is 1.23 bits per heavy atom. The van der Waals surface area contributed by atoms with Gasteiger partial charge in [-0.1, -0.05) is 19.4 Å². The molecule has 0 aliphatic carbocycles. The van der Waals surface area contributed by atoms with Crippen LogP contribution in [0.1, 0.15) is 57.9 Å². The summed E-state index contributed by atoms with van der Waals surface area (Å²) in [7, 11) is 3.28. The molecule has 0 N–H and O–H groups in total. The molecule has 3 rings (SSSR count). The smallest absolute Gasteiger partial charge is 0.264 e. The molecule has 4 nitrogen and oxygen atoms in total. The van der Waals surface area contributed by atoms with Crippen molar-refractivity contribution in [1.29, 1.82) is 0 Å². The summed E-state index contributed by atoms with van der Waals surface area (Å²) in [5.74, 6) is 1.57. The Morgan fingerprint density at radius 3 is 2.69 bits per heavy atom. The second-order valence-electron chi connectivity index (χ2n) is 6.71. The molecule has 140 valence electrons. The minimum absolute atomic E-state index is 0.0966.